The van der Waals surface area contributed by atoms with Crippen LogP contribution >= 0.6 is 0 Å². The fourth-order valence-electron chi connectivity index (χ4n) is 4.34. The van der Waals surface area contributed by atoms with E-state index in [-0.39, 0.29) is 5.78 Å². The van der Waals surface area contributed by atoms with E-state index in [9.17, 15) is 4.79 Å². The quantitative estimate of drug-likeness (QED) is 0.542. The largest absolute Gasteiger partial charge is 0.493 e. The number of aryl methyl sites for hydroxylation is 2. The molecule has 1 saturated heterocycles. The summed E-state index contributed by atoms with van der Waals surface area (Å²) in [6, 6.07) is 9.70. The Bertz CT molecular complexity index is 1150. The number of carbonyl (C=O) groups excluding carboxylic acids is 1. The van der Waals surface area contributed by atoms with Gasteiger partial charge in [-0.25, -0.2) is 0 Å². The second kappa shape index (κ2) is 9.17. The van der Waals surface area contributed by atoms with Crippen LogP contribution in [0.5, 0.6) is 11.5 Å². The number of piperazine rings is 1. The second-order valence-corrected chi connectivity index (χ2v) is 8.29. The summed E-state index contributed by atoms with van der Waals surface area (Å²) in [6.45, 7) is 10.9. The minimum absolute atomic E-state index is 0.00907. The first-order valence-electron chi connectivity index (χ1n) is 11.1. The molecule has 0 amide bonds. The molecule has 32 heavy (non-hydrogen) atoms. The van der Waals surface area contributed by atoms with E-state index >= 15 is 0 Å². The van der Waals surface area contributed by atoms with Crippen LogP contribution < -0.4 is 14.4 Å². The van der Waals surface area contributed by atoms with Gasteiger partial charge in [-0.2, -0.15) is 0 Å². The van der Waals surface area contributed by atoms with Gasteiger partial charge in [0, 0.05) is 49.4 Å². The van der Waals surface area contributed by atoms with Gasteiger partial charge in [0.15, 0.2) is 17.3 Å². The molecule has 1 aliphatic heterocycles. The van der Waals surface area contributed by atoms with Crippen molar-refractivity contribution < 1.29 is 14.3 Å². The Morgan fingerprint density at radius 2 is 1.66 bits per heavy atom. The van der Waals surface area contributed by atoms with E-state index in [1.54, 1.807) is 20.4 Å². The van der Waals surface area contributed by atoms with Crippen LogP contribution in [0.2, 0.25) is 0 Å². The predicted molar refractivity (Wildman–Crippen MR) is 129 cm³/mol. The van der Waals surface area contributed by atoms with Crippen LogP contribution in [-0.2, 0) is 0 Å². The van der Waals surface area contributed by atoms with Gasteiger partial charge in [-0.05, 0) is 43.7 Å². The van der Waals surface area contributed by atoms with Crippen molar-refractivity contribution in [3.05, 3.63) is 58.8 Å². The lowest BCUT2D eigenvalue weighted by atomic mass is 9.97. The Labute approximate surface area is 189 Å². The Balaban J connectivity index is 1.89. The number of methoxy groups -OCH3 is 2. The number of hydrogen-bond donors (Lipinski definition) is 0. The molecule has 0 atom stereocenters. The lowest BCUT2D eigenvalue weighted by Gasteiger charge is -2.37. The van der Waals surface area contributed by atoms with Gasteiger partial charge in [-0.3, -0.25) is 9.78 Å². The third-order valence-corrected chi connectivity index (χ3v) is 6.49. The number of benzene rings is 2. The van der Waals surface area contributed by atoms with E-state index in [0.717, 1.165) is 54.9 Å². The second-order valence-electron chi connectivity index (χ2n) is 8.29. The first-order chi connectivity index (χ1) is 15.5. The molecule has 2 aromatic carbocycles. The molecule has 0 N–H and O–H groups in total. The summed E-state index contributed by atoms with van der Waals surface area (Å²) in [5, 5.41) is 0.905. The minimum atomic E-state index is -0.00907. The summed E-state index contributed by atoms with van der Waals surface area (Å²) < 4.78 is 11.0. The highest BCUT2D eigenvalue weighted by atomic mass is 16.5. The van der Waals surface area contributed by atoms with Gasteiger partial charge < -0.3 is 19.3 Å². The van der Waals surface area contributed by atoms with E-state index in [1.165, 1.54) is 5.56 Å². The molecule has 3 aromatic rings. The Morgan fingerprint density at radius 1 is 0.969 bits per heavy atom. The van der Waals surface area contributed by atoms with Crippen LogP contribution in [0.15, 0.2) is 36.5 Å². The summed E-state index contributed by atoms with van der Waals surface area (Å²) in [7, 11) is 3.24. The first kappa shape index (κ1) is 22.1. The maximum absolute atomic E-state index is 13.7. The van der Waals surface area contributed by atoms with Crippen LogP contribution in [0.1, 0.15) is 34.0 Å². The summed E-state index contributed by atoms with van der Waals surface area (Å²) in [5.74, 6) is 1.25. The van der Waals surface area contributed by atoms with Crippen molar-refractivity contribution >= 4 is 22.4 Å². The van der Waals surface area contributed by atoms with Crippen molar-refractivity contribution in [2.75, 3.05) is 51.8 Å². The maximum Gasteiger partial charge on any atom is 0.196 e. The molecule has 1 aromatic heterocycles. The molecular weight excluding hydrogens is 402 g/mol. The zero-order valence-electron chi connectivity index (χ0n) is 19.6. The molecule has 0 radical (unpaired) electrons. The van der Waals surface area contributed by atoms with E-state index in [2.05, 4.69) is 28.6 Å². The van der Waals surface area contributed by atoms with Gasteiger partial charge in [0.1, 0.15) is 0 Å². The highest BCUT2D eigenvalue weighted by Crippen LogP contribution is 2.38. The normalized spacial score (nSPS) is 14.6. The van der Waals surface area contributed by atoms with Crippen molar-refractivity contribution in [3.8, 4) is 11.5 Å². The number of likely N-dealkylation sites (N-methyl/N-ethyl adjacent to an activating group) is 1. The molecule has 1 fully saturated rings. The highest BCUT2D eigenvalue weighted by Gasteiger charge is 2.25. The molecule has 0 aliphatic carbocycles. The first-order valence-corrected chi connectivity index (χ1v) is 11.1. The van der Waals surface area contributed by atoms with Crippen LogP contribution in [0.3, 0.4) is 0 Å². The smallest absolute Gasteiger partial charge is 0.196 e. The molecule has 4 rings (SSSR count). The van der Waals surface area contributed by atoms with Crippen molar-refractivity contribution in [1.29, 1.82) is 0 Å². The molecule has 0 spiro atoms. The molecule has 0 unspecified atom stereocenters. The topological polar surface area (TPSA) is 54.9 Å². The molecular formula is C26H31N3O3. The summed E-state index contributed by atoms with van der Waals surface area (Å²) in [5.41, 5.74) is 5.29. The van der Waals surface area contributed by atoms with Crippen molar-refractivity contribution in [2.24, 2.45) is 0 Å². The number of aromatic nitrogens is 1. The number of rotatable bonds is 6. The average Bonchev–Trinajstić information content (AvgIpc) is 2.83. The number of hydrogen-bond acceptors (Lipinski definition) is 6. The van der Waals surface area contributed by atoms with Gasteiger partial charge in [0.05, 0.1) is 31.0 Å². The highest BCUT2D eigenvalue weighted by molar-refractivity contribution is 6.16. The van der Waals surface area contributed by atoms with Gasteiger partial charge in [0.25, 0.3) is 0 Å². The van der Waals surface area contributed by atoms with E-state index in [1.807, 2.05) is 37.3 Å². The monoisotopic (exact) mass is 433 g/mol. The van der Waals surface area contributed by atoms with E-state index < -0.39 is 0 Å². The summed E-state index contributed by atoms with van der Waals surface area (Å²) >= 11 is 0. The third-order valence-electron chi connectivity index (χ3n) is 6.49. The average molecular weight is 434 g/mol. The van der Waals surface area contributed by atoms with Gasteiger partial charge in [0.2, 0.25) is 0 Å². The number of fused-ring (bicyclic) bond motifs is 1. The number of pyridine rings is 1. The molecule has 168 valence electrons. The van der Waals surface area contributed by atoms with Crippen molar-refractivity contribution in [2.45, 2.75) is 20.8 Å². The number of ketones is 1. The SMILES string of the molecule is CCN1CCN(c2c(C(=O)c3ccc(C)c(C)c3)cnc3cc(OC)c(OC)cc23)CC1. The summed E-state index contributed by atoms with van der Waals surface area (Å²) in [4.78, 5) is 23.1. The van der Waals surface area contributed by atoms with Crippen LogP contribution in [0.25, 0.3) is 10.9 Å². The Hall–Kier alpha value is -3.12. The predicted octanol–water partition coefficient (Wildman–Crippen LogP) is 4.24. The minimum Gasteiger partial charge on any atom is -0.493 e. The fourth-order valence-corrected chi connectivity index (χ4v) is 4.34. The number of ether oxygens (including phenoxy) is 2. The maximum atomic E-state index is 13.7. The molecule has 1 aliphatic rings. The van der Waals surface area contributed by atoms with Gasteiger partial charge in [-0.1, -0.05) is 19.1 Å². The van der Waals surface area contributed by atoms with Crippen LogP contribution in [0.4, 0.5) is 5.69 Å². The van der Waals surface area contributed by atoms with Crippen LogP contribution in [-0.4, -0.2) is 62.6 Å². The third kappa shape index (κ3) is 4.02. The standard InChI is InChI=1S/C26H31N3O3/c1-6-28-9-11-29(12-10-28)25-20-14-23(31-4)24(32-5)15-22(20)27-16-21(25)26(30)19-8-7-17(2)18(3)13-19/h7-8,13-16H,6,9-12H2,1-5H3. The molecule has 0 saturated carbocycles. The van der Waals surface area contributed by atoms with E-state index in [4.69, 9.17) is 9.47 Å². The lowest BCUT2D eigenvalue weighted by molar-refractivity contribution is 0.103. The zero-order chi connectivity index (χ0) is 22.8. The number of nitrogens with zero attached hydrogens (tertiary/aromatic N) is 3. The number of carbonyl (C=O) groups is 1. The lowest BCUT2D eigenvalue weighted by Crippen LogP contribution is -2.46. The van der Waals surface area contributed by atoms with Crippen LogP contribution in [0, 0.1) is 13.8 Å². The summed E-state index contributed by atoms with van der Waals surface area (Å²) in [6.07, 6.45) is 1.72. The van der Waals surface area contributed by atoms with E-state index in [0.29, 0.717) is 22.6 Å². The van der Waals surface area contributed by atoms with Gasteiger partial charge >= 0.3 is 0 Å². The molecule has 6 heteroatoms. The molecule has 6 nitrogen and oxygen atoms in total. The molecule has 0 bridgehead atoms. The van der Waals surface area contributed by atoms with Crippen molar-refractivity contribution in [1.82, 2.24) is 9.88 Å². The fraction of sp³-hybridized carbons (Fsp3) is 0.385. The Kier molecular flexibility index (Phi) is 6.33. The van der Waals surface area contributed by atoms with Gasteiger partial charge in [-0.15, -0.1) is 0 Å². The number of anilines is 1. The Morgan fingerprint density at radius 3 is 2.28 bits per heavy atom. The van der Waals surface area contributed by atoms with Crippen molar-refractivity contribution in [3.63, 3.8) is 0 Å². The molecule has 2 heterocycles. The zero-order valence-corrected chi connectivity index (χ0v) is 19.6.